The Balaban J connectivity index is 1.97. The first kappa shape index (κ1) is 12.2. The van der Waals surface area contributed by atoms with E-state index in [1.807, 2.05) is 18.3 Å². The van der Waals surface area contributed by atoms with Crippen LogP contribution in [-0.2, 0) is 6.42 Å². The van der Waals surface area contributed by atoms with Crippen molar-refractivity contribution in [3.05, 3.63) is 53.6 Å². The van der Waals surface area contributed by atoms with E-state index in [1.54, 1.807) is 12.4 Å². The quantitative estimate of drug-likeness (QED) is 0.642. The van der Waals surface area contributed by atoms with Gasteiger partial charge in [-0.1, -0.05) is 6.07 Å². The van der Waals surface area contributed by atoms with Crippen LogP contribution < -0.4 is 11.3 Å². The second-order valence-electron chi connectivity index (χ2n) is 4.87. The van der Waals surface area contributed by atoms with Crippen molar-refractivity contribution in [2.45, 2.75) is 31.2 Å². The van der Waals surface area contributed by atoms with E-state index in [-0.39, 0.29) is 6.04 Å². The Bertz CT molecular complexity index is 543. The van der Waals surface area contributed by atoms with Gasteiger partial charge in [0.2, 0.25) is 0 Å². The third-order valence-corrected chi connectivity index (χ3v) is 3.79. The van der Waals surface area contributed by atoms with E-state index in [2.05, 4.69) is 26.7 Å². The highest BCUT2D eigenvalue weighted by atomic mass is 15.2. The number of rotatable bonds is 3. The Morgan fingerprint density at radius 3 is 3.00 bits per heavy atom. The molecule has 2 unspecified atom stereocenters. The smallest absolute Gasteiger partial charge is 0.0560 e. The normalized spacial score (nSPS) is 19.7. The third kappa shape index (κ3) is 2.34. The molecule has 0 aromatic carbocycles. The highest BCUT2D eigenvalue weighted by Gasteiger charge is 2.29. The van der Waals surface area contributed by atoms with Crippen molar-refractivity contribution in [1.29, 1.82) is 0 Å². The van der Waals surface area contributed by atoms with Gasteiger partial charge in [-0.3, -0.25) is 16.3 Å². The molecule has 3 N–H and O–H groups in total. The predicted molar refractivity (Wildman–Crippen MR) is 72.0 cm³/mol. The lowest BCUT2D eigenvalue weighted by molar-refractivity contribution is 0.398. The maximum Gasteiger partial charge on any atom is 0.0560 e. The maximum atomic E-state index is 5.77. The fourth-order valence-corrected chi connectivity index (χ4v) is 2.90. The summed E-state index contributed by atoms with van der Waals surface area (Å²) in [6.45, 7) is 0. The van der Waals surface area contributed by atoms with Crippen LogP contribution in [0.2, 0.25) is 0 Å². The minimum absolute atomic E-state index is 0.0319. The lowest BCUT2D eigenvalue weighted by Crippen LogP contribution is -2.34. The minimum Gasteiger partial charge on any atom is -0.271 e. The van der Waals surface area contributed by atoms with Crippen molar-refractivity contribution in [3.8, 4) is 0 Å². The van der Waals surface area contributed by atoms with Gasteiger partial charge in [-0.2, -0.15) is 10.2 Å². The summed E-state index contributed by atoms with van der Waals surface area (Å²) in [7, 11) is 0. The van der Waals surface area contributed by atoms with Crippen molar-refractivity contribution in [3.63, 3.8) is 0 Å². The molecular formula is C14H17N5. The molecule has 1 aliphatic rings. The van der Waals surface area contributed by atoms with E-state index in [0.29, 0.717) is 5.92 Å². The van der Waals surface area contributed by atoms with E-state index in [0.717, 1.165) is 24.1 Å². The summed E-state index contributed by atoms with van der Waals surface area (Å²) < 4.78 is 0. The average Bonchev–Trinajstić information content (AvgIpc) is 2.49. The number of pyridine rings is 1. The van der Waals surface area contributed by atoms with E-state index < -0.39 is 0 Å². The van der Waals surface area contributed by atoms with E-state index >= 15 is 0 Å². The first-order chi connectivity index (χ1) is 9.40. The predicted octanol–water partition coefficient (Wildman–Crippen LogP) is 1.50. The van der Waals surface area contributed by atoms with Gasteiger partial charge in [0.05, 0.1) is 12.2 Å². The number of hydrogen-bond acceptors (Lipinski definition) is 5. The van der Waals surface area contributed by atoms with Gasteiger partial charge >= 0.3 is 0 Å². The van der Waals surface area contributed by atoms with Crippen molar-refractivity contribution in [2.24, 2.45) is 5.84 Å². The molecule has 0 saturated carbocycles. The highest BCUT2D eigenvalue weighted by molar-refractivity contribution is 5.30. The minimum atomic E-state index is 0.0319. The molecule has 0 fully saturated rings. The topological polar surface area (TPSA) is 76.7 Å². The molecule has 98 valence electrons. The molecular weight excluding hydrogens is 238 g/mol. The number of aromatic nitrogens is 3. The summed E-state index contributed by atoms with van der Waals surface area (Å²) in [5.74, 6) is 6.06. The molecule has 2 aromatic rings. The van der Waals surface area contributed by atoms with Gasteiger partial charge < -0.3 is 0 Å². The van der Waals surface area contributed by atoms with Crippen LogP contribution in [0.3, 0.4) is 0 Å². The number of aryl methyl sites for hydroxylation is 1. The zero-order valence-electron chi connectivity index (χ0n) is 10.7. The van der Waals surface area contributed by atoms with Crippen LogP contribution >= 0.6 is 0 Å². The molecule has 2 aromatic heterocycles. The molecule has 3 rings (SSSR count). The molecule has 0 amide bonds. The van der Waals surface area contributed by atoms with E-state index in [9.17, 15) is 0 Å². The average molecular weight is 255 g/mol. The summed E-state index contributed by atoms with van der Waals surface area (Å²) in [4.78, 5) is 4.56. The standard InChI is InChI=1S/C14H17N5/c15-19-14(11-6-8-17-18-9-11)12-5-1-3-10-4-2-7-16-13(10)12/h2,4,6-9,12,14,19H,1,3,5,15H2. The highest BCUT2D eigenvalue weighted by Crippen LogP contribution is 2.38. The lowest BCUT2D eigenvalue weighted by atomic mass is 9.80. The molecule has 19 heavy (non-hydrogen) atoms. The fourth-order valence-electron chi connectivity index (χ4n) is 2.90. The van der Waals surface area contributed by atoms with Crippen LogP contribution in [0.4, 0.5) is 0 Å². The second-order valence-corrected chi connectivity index (χ2v) is 4.87. The van der Waals surface area contributed by atoms with Gasteiger partial charge in [0, 0.05) is 24.0 Å². The summed E-state index contributed by atoms with van der Waals surface area (Å²) >= 11 is 0. The Kier molecular flexibility index (Phi) is 3.48. The molecule has 0 radical (unpaired) electrons. The van der Waals surface area contributed by atoms with Gasteiger partial charge in [-0.25, -0.2) is 0 Å². The Labute approximate surface area is 112 Å². The van der Waals surface area contributed by atoms with Crippen LogP contribution in [0.25, 0.3) is 0 Å². The van der Waals surface area contributed by atoms with Crippen LogP contribution in [-0.4, -0.2) is 15.2 Å². The molecule has 0 saturated heterocycles. The number of nitrogens with one attached hydrogen (secondary N) is 1. The number of hydrogen-bond donors (Lipinski definition) is 2. The largest absolute Gasteiger partial charge is 0.271 e. The van der Waals surface area contributed by atoms with Crippen LogP contribution in [0, 0.1) is 0 Å². The summed E-state index contributed by atoms with van der Waals surface area (Å²) in [5.41, 5.74) is 6.47. The molecule has 2 atom stereocenters. The third-order valence-electron chi connectivity index (χ3n) is 3.79. The lowest BCUT2D eigenvalue weighted by Gasteiger charge is -2.30. The molecule has 0 spiro atoms. The first-order valence-electron chi connectivity index (χ1n) is 6.56. The first-order valence-corrected chi connectivity index (χ1v) is 6.56. The Morgan fingerprint density at radius 2 is 2.21 bits per heavy atom. The van der Waals surface area contributed by atoms with Gasteiger partial charge in [0.25, 0.3) is 0 Å². The summed E-state index contributed by atoms with van der Waals surface area (Å²) in [5, 5.41) is 7.76. The molecule has 0 aliphatic heterocycles. The van der Waals surface area contributed by atoms with Crippen molar-refractivity contribution >= 4 is 0 Å². The fraction of sp³-hybridized carbons (Fsp3) is 0.357. The van der Waals surface area contributed by atoms with Crippen molar-refractivity contribution in [1.82, 2.24) is 20.6 Å². The molecule has 2 heterocycles. The van der Waals surface area contributed by atoms with E-state index in [1.165, 1.54) is 12.0 Å². The van der Waals surface area contributed by atoms with E-state index in [4.69, 9.17) is 5.84 Å². The monoisotopic (exact) mass is 255 g/mol. The van der Waals surface area contributed by atoms with Crippen molar-refractivity contribution < 1.29 is 0 Å². The summed E-state index contributed by atoms with van der Waals surface area (Å²) in [6, 6.07) is 6.14. The Morgan fingerprint density at radius 1 is 1.26 bits per heavy atom. The number of hydrazine groups is 1. The molecule has 1 aliphatic carbocycles. The Hall–Kier alpha value is -1.85. The number of fused-ring (bicyclic) bond motifs is 1. The molecule has 5 heteroatoms. The second kappa shape index (κ2) is 5.42. The molecule has 0 bridgehead atoms. The molecule has 5 nitrogen and oxygen atoms in total. The number of nitrogens with two attached hydrogens (primary N) is 1. The van der Waals surface area contributed by atoms with Gasteiger partial charge in [0.15, 0.2) is 0 Å². The maximum absolute atomic E-state index is 5.77. The number of nitrogens with zero attached hydrogens (tertiary/aromatic N) is 3. The van der Waals surface area contributed by atoms with Gasteiger partial charge in [0.1, 0.15) is 0 Å². The van der Waals surface area contributed by atoms with Crippen LogP contribution in [0.5, 0.6) is 0 Å². The zero-order chi connectivity index (χ0) is 13.1. The zero-order valence-corrected chi connectivity index (χ0v) is 10.7. The van der Waals surface area contributed by atoms with Crippen LogP contribution in [0.1, 0.15) is 41.6 Å². The van der Waals surface area contributed by atoms with Gasteiger partial charge in [-0.05, 0) is 42.5 Å². The SMILES string of the molecule is NNC(c1ccnnc1)C1CCCc2cccnc21. The summed E-state index contributed by atoms with van der Waals surface area (Å²) in [6.07, 6.45) is 8.67. The van der Waals surface area contributed by atoms with Crippen molar-refractivity contribution in [2.75, 3.05) is 0 Å². The van der Waals surface area contributed by atoms with Gasteiger partial charge in [-0.15, -0.1) is 0 Å². The van der Waals surface area contributed by atoms with Crippen LogP contribution in [0.15, 0.2) is 36.8 Å².